The zero-order valence-electron chi connectivity index (χ0n) is 18.0. The molecule has 3 aromatic rings. The lowest BCUT2D eigenvalue weighted by Gasteiger charge is -2.10. The van der Waals surface area contributed by atoms with E-state index in [-0.39, 0.29) is 29.8 Å². The van der Waals surface area contributed by atoms with Crippen molar-refractivity contribution in [3.63, 3.8) is 0 Å². The Bertz CT molecular complexity index is 1200. The number of hydrogen-bond donors (Lipinski definition) is 2. The molecule has 3 aromatic carbocycles. The van der Waals surface area contributed by atoms with Crippen molar-refractivity contribution < 1.29 is 27.5 Å². The predicted octanol–water partition coefficient (Wildman–Crippen LogP) is 3.38. The number of anilines is 2. The molecule has 0 radical (unpaired) electrons. The zero-order chi connectivity index (χ0) is 23.7. The van der Waals surface area contributed by atoms with E-state index in [2.05, 4.69) is 10.6 Å². The smallest absolute Gasteiger partial charge is 0.262 e. The summed E-state index contributed by atoms with van der Waals surface area (Å²) in [5.74, 6) is -0.438. The normalized spacial score (nSPS) is 10.9. The van der Waals surface area contributed by atoms with Gasteiger partial charge in [0, 0.05) is 30.1 Å². The van der Waals surface area contributed by atoms with Gasteiger partial charge in [-0.1, -0.05) is 24.3 Å². The first-order valence-corrected chi connectivity index (χ1v) is 11.7. The fourth-order valence-corrected chi connectivity index (χ4v) is 4.03. The molecule has 0 bridgehead atoms. The highest BCUT2D eigenvalue weighted by Gasteiger charge is 2.15. The van der Waals surface area contributed by atoms with E-state index in [4.69, 9.17) is 9.47 Å². The Kier molecular flexibility index (Phi) is 8.17. The van der Waals surface area contributed by atoms with Gasteiger partial charge in [0.25, 0.3) is 11.8 Å². The third kappa shape index (κ3) is 7.16. The van der Waals surface area contributed by atoms with E-state index in [0.717, 1.165) is 0 Å². The molecular weight excluding hydrogens is 444 g/mol. The molecule has 0 aliphatic rings. The molecule has 0 heterocycles. The molecule has 0 spiro atoms. The summed E-state index contributed by atoms with van der Waals surface area (Å²) in [6.45, 7) is -0.0950. The van der Waals surface area contributed by atoms with Crippen LogP contribution < -0.4 is 15.4 Å². The van der Waals surface area contributed by atoms with E-state index in [9.17, 15) is 18.0 Å². The highest BCUT2D eigenvalue weighted by atomic mass is 32.2. The van der Waals surface area contributed by atoms with Gasteiger partial charge in [-0.05, 0) is 48.5 Å². The van der Waals surface area contributed by atoms with Gasteiger partial charge in [-0.25, -0.2) is 8.42 Å². The number of hydrogen-bond acceptors (Lipinski definition) is 6. The summed E-state index contributed by atoms with van der Waals surface area (Å²) in [4.78, 5) is 24.7. The van der Waals surface area contributed by atoms with E-state index in [1.54, 1.807) is 36.4 Å². The molecule has 33 heavy (non-hydrogen) atoms. The first kappa shape index (κ1) is 24.0. The maximum atomic E-state index is 12.5. The Labute approximate surface area is 192 Å². The highest BCUT2D eigenvalue weighted by Crippen LogP contribution is 2.19. The third-order valence-electron chi connectivity index (χ3n) is 4.55. The Morgan fingerprint density at radius 1 is 0.848 bits per heavy atom. The number of benzene rings is 3. The average molecular weight is 469 g/mol. The Morgan fingerprint density at radius 3 is 2.24 bits per heavy atom. The second kappa shape index (κ2) is 11.3. The van der Waals surface area contributed by atoms with Gasteiger partial charge in [0.1, 0.15) is 5.75 Å². The lowest BCUT2D eigenvalue weighted by atomic mass is 10.2. The minimum Gasteiger partial charge on any atom is -0.484 e. The topological polar surface area (TPSA) is 111 Å². The monoisotopic (exact) mass is 468 g/mol. The van der Waals surface area contributed by atoms with Crippen LogP contribution in [0.15, 0.2) is 83.8 Å². The molecule has 0 unspecified atom stereocenters. The first-order chi connectivity index (χ1) is 15.9. The van der Waals surface area contributed by atoms with Gasteiger partial charge in [-0.3, -0.25) is 9.59 Å². The van der Waals surface area contributed by atoms with Crippen molar-refractivity contribution in [1.29, 1.82) is 0 Å². The molecule has 0 atom stereocenters. The molecule has 0 saturated carbocycles. The number of carbonyl (C=O) groups excluding carboxylic acids is 2. The minimum absolute atomic E-state index is 0.0941. The van der Waals surface area contributed by atoms with Gasteiger partial charge in [-0.15, -0.1) is 0 Å². The number of amides is 2. The van der Waals surface area contributed by atoms with Crippen molar-refractivity contribution in [2.75, 3.05) is 36.7 Å². The molecule has 3 rings (SSSR count). The number of methoxy groups -OCH3 is 1. The number of nitrogens with one attached hydrogen (secondary N) is 2. The SMILES string of the molecule is COCCS(=O)(=O)c1ccc(C(=O)Nc2cccc(OCC(=O)Nc3ccccc3)c2)cc1. The van der Waals surface area contributed by atoms with Gasteiger partial charge < -0.3 is 20.1 Å². The van der Waals surface area contributed by atoms with E-state index in [1.807, 2.05) is 18.2 Å². The quantitative estimate of drug-likeness (QED) is 0.472. The highest BCUT2D eigenvalue weighted by molar-refractivity contribution is 7.91. The largest absolute Gasteiger partial charge is 0.484 e. The fourth-order valence-electron chi connectivity index (χ4n) is 2.86. The number of ether oxygens (including phenoxy) is 2. The molecule has 172 valence electrons. The molecule has 0 saturated heterocycles. The molecule has 0 aliphatic carbocycles. The number of para-hydroxylation sites is 1. The first-order valence-electron chi connectivity index (χ1n) is 10.1. The van der Waals surface area contributed by atoms with Crippen molar-refractivity contribution in [1.82, 2.24) is 0 Å². The number of sulfone groups is 1. The van der Waals surface area contributed by atoms with Crippen LogP contribution in [0.4, 0.5) is 11.4 Å². The maximum absolute atomic E-state index is 12.5. The van der Waals surface area contributed by atoms with Crippen LogP contribution in [0.1, 0.15) is 10.4 Å². The van der Waals surface area contributed by atoms with Crippen LogP contribution in [0, 0.1) is 0 Å². The summed E-state index contributed by atoms with van der Waals surface area (Å²) in [5.41, 5.74) is 1.44. The van der Waals surface area contributed by atoms with Crippen LogP contribution in [-0.4, -0.2) is 46.3 Å². The fraction of sp³-hybridized carbons (Fsp3) is 0.167. The van der Waals surface area contributed by atoms with Crippen molar-refractivity contribution in [2.45, 2.75) is 4.90 Å². The van der Waals surface area contributed by atoms with Gasteiger partial charge in [0.05, 0.1) is 17.3 Å². The molecule has 0 fully saturated rings. The van der Waals surface area contributed by atoms with E-state index < -0.39 is 15.7 Å². The number of rotatable bonds is 10. The summed E-state index contributed by atoms with van der Waals surface area (Å²) < 4.78 is 34.7. The van der Waals surface area contributed by atoms with Crippen LogP contribution >= 0.6 is 0 Å². The van der Waals surface area contributed by atoms with Gasteiger partial charge >= 0.3 is 0 Å². The maximum Gasteiger partial charge on any atom is 0.262 e. The molecule has 0 aromatic heterocycles. The summed E-state index contributed by atoms with van der Waals surface area (Å²) in [6, 6.07) is 21.3. The van der Waals surface area contributed by atoms with Crippen LogP contribution in [0.2, 0.25) is 0 Å². The van der Waals surface area contributed by atoms with Crippen molar-refractivity contribution >= 4 is 33.0 Å². The molecule has 8 nitrogen and oxygen atoms in total. The molecule has 2 N–H and O–H groups in total. The third-order valence-corrected chi connectivity index (χ3v) is 6.25. The summed E-state index contributed by atoms with van der Waals surface area (Å²) in [7, 11) is -2.04. The Hall–Kier alpha value is -3.69. The van der Waals surface area contributed by atoms with Gasteiger partial charge in [0.2, 0.25) is 0 Å². The van der Waals surface area contributed by atoms with Crippen molar-refractivity contribution in [3.8, 4) is 5.75 Å². The minimum atomic E-state index is -3.47. The predicted molar refractivity (Wildman–Crippen MR) is 125 cm³/mol. The van der Waals surface area contributed by atoms with Crippen LogP contribution in [-0.2, 0) is 19.4 Å². The van der Waals surface area contributed by atoms with Crippen molar-refractivity contribution in [2.24, 2.45) is 0 Å². The van der Waals surface area contributed by atoms with Gasteiger partial charge in [0.15, 0.2) is 16.4 Å². The van der Waals surface area contributed by atoms with E-state index in [1.165, 1.54) is 31.4 Å². The second-order valence-electron chi connectivity index (χ2n) is 7.02. The number of carbonyl (C=O) groups is 2. The van der Waals surface area contributed by atoms with E-state index in [0.29, 0.717) is 22.7 Å². The Morgan fingerprint density at radius 2 is 1.55 bits per heavy atom. The van der Waals surface area contributed by atoms with Gasteiger partial charge in [-0.2, -0.15) is 0 Å². The average Bonchev–Trinajstić information content (AvgIpc) is 2.82. The van der Waals surface area contributed by atoms with Crippen LogP contribution in [0.5, 0.6) is 5.75 Å². The zero-order valence-corrected chi connectivity index (χ0v) is 18.8. The molecule has 9 heteroatoms. The molecule has 2 amide bonds. The standard InChI is InChI=1S/C24H24N2O6S/c1-31-14-15-33(29,30)22-12-10-18(11-13-22)24(28)26-20-8-5-9-21(16-20)32-17-23(27)25-19-6-3-2-4-7-19/h2-13,16H,14-15,17H2,1H3,(H,25,27)(H,26,28). The summed E-state index contributed by atoms with van der Waals surface area (Å²) in [5, 5.41) is 5.45. The van der Waals surface area contributed by atoms with Crippen LogP contribution in [0.25, 0.3) is 0 Å². The lowest BCUT2D eigenvalue weighted by Crippen LogP contribution is -2.20. The summed E-state index contributed by atoms with van der Waals surface area (Å²) in [6.07, 6.45) is 0. The lowest BCUT2D eigenvalue weighted by molar-refractivity contribution is -0.118. The van der Waals surface area contributed by atoms with Crippen LogP contribution in [0.3, 0.4) is 0 Å². The second-order valence-corrected chi connectivity index (χ2v) is 9.13. The molecule has 0 aliphatic heterocycles. The van der Waals surface area contributed by atoms with Crippen molar-refractivity contribution in [3.05, 3.63) is 84.4 Å². The van der Waals surface area contributed by atoms with E-state index >= 15 is 0 Å². The molecular formula is C24H24N2O6S. The Balaban J connectivity index is 1.57. The summed E-state index contributed by atoms with van der Waals surface area (Å²) >= 11 is 0.